The molecule has 3 rings (SSSR count). The second-order valence-corrected chi connectivity index (χ2v) is 5.22. The van der Waals surface area contributed by atoms with Gasteiger partial charge in [-0.25, -0.2) is 0 Å². The van der Waals surface area contributed by atoms with Crippen LogP contribution in [0.5, 0.6) is 0 Å². The van der Waals surface area contributed by atoms with Crippen molar-refractivity contribution in [3.05, 3.63) is 35.4 Å². The van der Waals surface area contributed by atoms with Gasteiger partial charge in [0.25, 0.3) is 0 Å². The summed E-state index contributed by atoms with van der Waals surface area (Å²) in [5, 5.41) is 11.7. The van der Waals surface area contributed by atoms with Crippen LogP contribution >= 0.6 is 0 Å². The first-order valence-corrected chi connectivity index (χ1v) is 6.45. The predicted molar refractivity (Wildman–Crippen MR) is 69.2 cm³/mol. The quantitative estimate of drug-likeness (QED) is 0.895. The van der Waals surface area contributed by atoms with Crippen LogP contribution in [0, 0.1) is 13.8 Å². The van der Waals surface area contributed by atoms with Crippen LogP contribution in [-0.2, 0) is 6.54 Å². The van der Waals surface area contributed by atoms with E-state index < -0.39 is 0 Å². The molecular formula is C13H19N5. The first kappa shape index (κ1) is 11.5. The average molecular weight is 245 g/mol. The van der Waals surface area contributed by atoms with Crippen LogP contribution in [-0.4, -0.2) is 38.0 Å². The number of hydrogen-bond donors (Lipinski definition) is 1. The Bertz CT molecular complexity index is 527. The van der Waals surface area contributed by atoms with Crippen molar-refractivity contribution >= 4 is 0 Å². The molecule has 1 aliphatic rings. The van der Waals surface area contributed by atoms with Crippen molar-refractivity contribution < 1.29 is 0 Å². The van der Waals surface area contributed by atoms with E-state index in [9.17, 15) is 0 Å². The van der Waals surface area contributed by atoms with Gasteiger partial charge in [0.15, 0.2) is 0 Å². The van der Waals surface area contributed by atoms with Gasteiger partial charge in [-0.15, -0.1) is 0 Å². The summed E-state index contributed by atoms with van der Waals surface area (Å²) in [6.45, 7) is 7.24. The Kier molecular flexibility index (Phi) is 2.91. The van der Waals surface area contributed by atoms with Crippen molar-refractivity contribution in [2.75, 3.05) is 13.1 Å². The first-order chi connectivity index (χ1) is 8.70. The SMILES string of the molecule is Cc1cnn(C2CCN(Cc3cc(C)[nH]n3)C2)c1. The molecule has 0 amide bonds. The molecule has 5 heteroatoms. The van der Waals surface area contributed by atoms with E-state index in [1.54, 1.807) is 0 Å². The second-order valence-electron chi connectivity index (χ2n) is 5.22. The third kappa shape index (κ3) is 2.31. The van der Waals surface area contributed by atoms with E-state index in [0.717, 1.165) is 31.0 Å². The van der Waals surface area contributed by atoms with E-state index >= 15 is 0 Å². The highest BCUT2D eigenvalue weighted by atomic mass is 15.3. The van der Waals surface area contributed by atoms with Crippen molar-refractivity contribution in [3.63, 3.8) is 0 Å². The fourth-order valence-electron chi connectivity index (χ4n) is 2.59. The summed E-state index contributed by atoms with van der Waals surface area (Å²) >= 11 is 0. The topological polar surface area (TPSA) is 49.7 Å². The van der Waals surface area contributed by atoms with Crippen LogP contribution in [0.15, 0.2) is 18.5 Å². The number of H-pyrrole nitrogens is 1. The van der Waals surface area contributed by atoms with Crippen LogP contribution < -0.4 is 0 Å². The minimum Gasteiger partial charge on any atom is -0.295 e. The van der Waals surface area contributed by atoms with Gasteiger partial charge in [0.1, 0.15) is 0 Å². The highest BCUT2D eigenvalue weighted by molar-refractivity contribution is 5.07. The highest BCUT2D eigenvalue weighted by Crippen LogP contribution is 2.22. The van der Waals surface area contributed by atoms with E-state index in [0.29, 0.717) is 6.04 Å². The van der Waals surface area contributed by atoms with E-state index in [4.69, 9.17) is 0 Å². The zero-order valence-corrected chi connectivity index (χ0v) is 10.9. The Morgan fingerprint density at radius 3 is 3.00 bits per heavy atom. The lowest BCUT2D eigenvalue weighted by Gasteiger charge is -2.14. The minimum atomic E-state index is 0.513. The number of aromatic amines is 1. The van der Waals surface area contributed by atoms with Crippen molar-refractivity contribution in [1.29, 1.82) is 0 Å². The summed E-state index contributed by atoms with van der Waals surface area (Å²) in [7, 11) is 0. The van der Waals surface area contributed by atoms with Gasteiger partial charge >= 0.3 is 0 Å². The van der Waals surface area contributed by atoms with Gasteiger partial charge in [-0.2, -0.15) is 10.2 Å². The van der Waals surface area contributed by atoms with Crippen LogP contribution in [0.2, 0.25) is 0 Å². The number of likely N-dealkylation sites (tertiary alicyclic amines) is 1. The van der Waals surface area contributed by atoms with E-state index in [2.05, 4.69) is 44.1 Å². The number of hydrogen-bond acceptors (Lipinski definition) is 3. The third-order valence-electron chi connectivity index (χ3n) is 3.50. The lowest BCUT2D eigenvalue weighted by molar-refractivity contribution is 0.308. The fraction of sp³-hybridized carbons (Fsp3) is 0.538. The molecule has 0 aliphatic carbocycles. The predicted octanol–water partition coefficient (Wildman–Crippen LogP) is 1.67. The number of nitrogens with zero attached hydrogens (tertiary/aromatic N) is 4. The Morgan fingerprint density at radius 2 is 2.33 bits per heavy atom. The molecule has 96 valence electrons. The smallest absolute Gasteiger partial charge is 0.0765 e. The largest absolute Gasteiger partial charge is 0.295 e. The van der Waals surface area contributed by atoms with Gasteiger partial charge in [0.05, 0.1) is 17.9 Å². The Morgan fingerprint density at radius 1 is 1.44 bits per heavy atom. The van der Waals surface area contributed by atoms with Crippen LogP contribution in [0.25, 0.3) is 0 Å². The normalized spacial score (nSPS) is 20.7. The average Bonchev–Trinajstić information content (AvgIpc) is 3.01. The van der Waals surface area contributed by atoms with Crippen LogP contribution in [0.3, 0.4) is 0 Å². The number of aryl methyl sites for hydroxylation is 2. The molecule has 5 nitrogen and oxygen atoms in total. The van der Waals surface area contributed by atoms with Crippen LogP contribution in [0.4, 0.5) is 0 Å². The molecular weight excluding hydrogens is 226 g/mol. The summed E-state index contributed by atoms with van der Waals surface area (Å²) in [5.41, 5.74) is 3.49. The maximum atomic E-state index is 4.41. The van der Waals surface area contributed by atoms with Gasteiger partial charge in [0, 0.05) is 31.5 Å². The Labute approximate surface area is 107 Å². The molecule has 0 aromatic carbocycles. The molecule has 1 atom stereocenters. The Hall–Kier alpha value is -1.62. The maximum absolute atomic E-state index is 4.41. The molecule has 0 saturated carbocycles. The lowest BCUT2D eigenvalue weighted by Crippen LogP contribution is -2.21. The molecule has 18 heavy (non-hydrogen) atoms. The molecule has 1 fully saturated rings. The van der Waals surface area contributed by atoms with Crippen molar-refractivity contribution in [2.45, 2.75) is 32.9 Å². The standard InChI is InChI=1S/C13H19N5/c1-10-6-14-18(7-10)13-3-4-17(9-13)8-12-5-11(2)15-16-12/h5-7,13H,3-4,8-9H2,1-2H3,(H,15,16). The second kappa shape index (κ2) is 4.57. The fourth-order valence-corrected chi connectivity index (χ4v) is 2.59. The van der Waals surface area contributed by atoms with Gasteiger partial charge in [0.2, 0.25) is 0 Å². The van der Waals surface area contributed by atoms with Crippen molar-refractivity contribution in [1.82, 2.24) is 24.9 Å². The molecule has 1 unspecified atom stereocenters. The van der Waals surface area contributed by atoms with E-state index in [1.807, 2.05) is 13.1 Å². The summed E-state index contributed by atoms with van der Waals surface area (Å²) in [6.07, 6.45) is 5.23. The van der Waals surface area contributed by atoms with Gasteiger partial charge in [-0.3, -0.25) is 14.7 Å². The molecule has 1 N–H and O–H groups in total. The summed E-state index contributed by atoms with van der Waals surface area (Å²) in [6, 6.07) is 2.63. The molecule has 1 saturated heterocycles. The third-order valence-corrected chi connectivity index (χ3v) is 3.50. The number of rotatable bonds is 3. The number of aromatic nitrogens is 4. The maximum Gasteiger partial charge on any atom is 0.0765 e. The molecule has 3 heterocycles. The highest BCUT2D eigenvalue weighted by Gasteiger charge is 2.24. The van der Waals surface area contributed by atoms with Gasteiger partial charge in [-0.1, -0.05) is 0 Å². The lowest BCUT2D eigenvalue weighted by atomic mass is 10.3. The number of nitrogens with one attached hydrogen (secondary N) is 1. The van der Waals surface area contributed by atoms with Crippen LogP contribution in [0.1, 0.15) is 29.4 Å². The summed E-state index contributed by atoms with van der Waals surface area (Å²) in [5.74, 6) is 0. The van der Waals surface area contributed by atoms with Crippen molar-refractivity contribution in [3.8, 4) is 0 Å². The molecule has 0 radical (unpaired) electrons. The minimum absolute atomic E-state index is 0.513. The molecule has 1 aliphatic heterocycles. The summed E-state index contributed by atoms with van der Waals surface area (Å²) in [4.78, 5) is 2.44. The molecule has 0 bridgehead atoms. The van der Waals surface area contributed by atoms with E-state index in [1.165, 1.54) is 12.0 Å². The molecule has 2 aromatic heterocycles. The Balaban J connectivity index is 1.61. The molecule has 2 aromatic rings. The zero-order chi connectivity index (χ0) is 12.5. The summed E-state index contributed by atoms with van der Waals surface area (Å²) < 4.78 is 2.10. The van der Waals surface area contributed by atoms with Crippen molar-refractivity contribution in [2.24, 2.45) is 0 Å². The molecule has 0 spiro atoms. The first-order valence-electron chi connectivity index (χ1n) is 6.45. The van der Waals surface area contributed by atoms with E-state index in [-0.39, 0.29) is 0 Å². The zero-order valence-electron chi connectivity index (χ0n) is 10.9. The van der Waals surface area contributed by atoms with Gasteiger partial charge in [-0.05, 0) is 31.9 Å². The monoisotopic (exact) mass is 245 g/mol. The van der Waals surface area contributed by atoms with Gasteiger partial charge < -0.3 is 0 Å².